The van der Waals surface area contributed by atoms with E-state index in [0.717, 1.165) is 30.8 Å². The lowest BCUT2D eigenvalue weighted by Gasteiger charge is -2.10. The first kappa shape index (κ1) is 14.0. The van der Waals surface area contributed by atoms with E-state index in [-0.39, 0.29) is 10.2 Å². The van der Waals surface area contributed by atoms with Gasteiger partial charge < -0.3 is 5.32 Å². The summed E-state index contributed by atoms with van der Waals surface area (Å²) in [5.41, 5.74) is 1.08. The molecule has 0 atom stereocenters. The van der Waals surface area contributed by atoms with Gasteiger partial charge in [-0.1, -0.05) is 6.92 Å². The molecule has 0 spiro atoms. The van der Waals surface area contributed by atoms with Crippen LogP contribution in [0.4, 0.5) is 14.5 Å². The normalized spacial score (nSPS) is 10.7. The molecule has 0 aliphatic rings. The molecular weight excluding hydrogens is 316 g/mol. The molecule has 2 rings (SSSR count). The van der Waals surface area contributed by atoms with Crippen LogP contribution >= 0.6 is 15.9 Å². The first-order valence-corrected chi connectivity index (χ1v) is 6.80. The number of hydrogen-bond donors (Lipinski definition) is 1. The van der Waals surface area contributed by atoms with E-state index in [0.29, 0.717) is 6.54 Å². The highest BCUT2D eigenvalue weighted by Gasteiger charge is 2.09. The van der Waals surface area contributed by atoms with Crippen LogP contribution in [0.3, 0.4) is 0 Å². The second kappa shape index (κ2) is 6.14. The van der Waals surface area contributed by atoms with Gasteiger partial charge >= 0.3 is 0 Å². The van der Waals surface area contributed by atoms with Crippen LogP contribution in [-0.4, -0.2) is 9.78 Å². The molecule has 1 aromatic carbocycles. The smallest absolute Gasteiger partial charge is 0.147 e. The van der Waals surface area contributed by atoms with Crippen LogP contribution in [0.25, 0.3) is 0 Å². The minimum absolute atomic E-state index is 0.117. The molecule has 0 saturated carbocycles. The summed E-state index contributed by atoms with van der Waals surface area (Å²) in [5, 5.41) is 7.06. The molecule has 1 N–H and O–H groups in total. The average Bonchev–Trinajstić information content (AvgIpc) is 2.80. The topological polar surface area (TPSA) is 29.9 Å². The second-order valence-corrected chi connectivity index (χ2v) is 5.00. The van der Waals surface area contributed by atoms with Crippen LogP contribution < -0.4 is 5.32 Å². The molecule has 1 heterocycles. The highest BCUT2D eigenvalue weighted by molar-refractivity contribution is 9.10. The van der Waals surface area contributed by atoms with Gasteiger partial charge in [-0.05, 0) is 34.5 Å². The number of nitrogens with zero attached hydrogens (tertiary/aromatic N) is 2. The van der Waals surface area contributed by atoms with Gasteiger partial charge in [0.25, 0.3) is 0 Å². The van der Waals surface area contributed by atoms with Gasteiger partial charge in [-0.3, -0.25) is 4.68 Å². The number of halogens is 3. The summed E-state index contributed by atoms with van der Waals surface area (Å²) < 4.78 is 28.9. The van der Waals surface area contributed by atoms with Crippen molar-refractivity contribution in [2.75, 3.05) is 5.32 Å². The number of rotatable bonds is 5. The summed E-state index contributed by atoms with van der Waals surface area (Å²) in [7, 11) is 0. The Hall–Kier alpha value is -1.43. The van der Waals surface area contributed by atoms with E-state index >= 15 is 0 Å². The van der Waals surface area contributed by atoms with Crippen molar-refractivity contribution >= 4 is 21.6 Å². The fourth-order valence-corrected chi connectivity index (χ4v) is 2.08. The van der Waals surface area contributed by atoms with Gasteiger partial charge in [0.2, 0.25) is 0 Å². The van der Waals surface area contributed by atoms with Gasteiger partial charge in [-0.25, -0.2) is 8.78 Å². The Kier molecular flexibility index (Phi) is 4.52. The standard InChI is InChI=1S/C13H14BrF2N3/c1-2-5-19-9(3-4-18-19)8-17-13-7-11(15)10(14)6-12(13)16/h3-4,6-7,17H,2,5,8H2,1H3. The first-order valence-electron chi connectivity index (χ1n) is 6.01. The molecule has 0 fully saturated rings. The van der Waals surface area contributed by atoms with Crippen LogP contribution in [0, 0.1) is 11.6 Å². The highest BCUT2D eigenvalue weighted by Crippen LogP contribution is 2.23. The maximum Gasteiger partial charge on any atom is 0.147 e. The van der Waals surface area contributed by atoms with Gasteiger partial charge in [0.1, 0.15) is 11.6 Å². The van der Waals surface area contributed by atoms with Gasteiger partial charge in [0.05, 0.1) is 22.4 Å². The van der Waals surface area contributed by atoms with Crippen molar-refractivity contribution in [1.29, 1.82) is 0 Å². The minimum atomic E-state index is -0.494. The van der Waals surface area contributed by atoms with E-state index in [1.165, 1.54) is 0 Å². The molecule has 6 heteroatoms. The number of anilines is 1. The summed E-state index contributed by atoms with van der Waals surface area (Å²) in [6, 6.07) is 4.11. The zero-order valence-electron chi connectivity index (χ0n) is 10.5. The Morgan fingerprint density at radius 3 is 2.84 bits per heavy atom. The summed E-state index contributed by atoms with van der Waals surface area (Å²) in [4.78, 5) is 0. The van der Waals surface area contributed by atoms with Gasteiger partial charge in [-0.2, -0.15) is 5.10 Å². The molecule has 0 saturated heterocycles. The van der Waals surface area contributed by atoms with Crippen molar-refractivity contribution in [3.05, 3.63) is 46.2 Å². The Bertz CT molecular complexity index is 569. The van der Waals surface area contributed by atoms with Crippen molar-refractivity contribution < 1.29 is 8.78 Å². The largest absolute Gasteiger partial charge is 0.377 e. The molecule has 0 aliphatic carbocycles. The minimum Gasteiger partial charge on any atom is -0.377 e. The van der Waals surface area contributed by atoms with Crippen LogP contribution in [0.15, 0.2) is 28.9 Å². The number of nitrogens with one attached hydrogen (secondary N) is 1. The van der Waals surface area contributed by atoms with Crippen LogP contribution in [0.1, 0.15) is 19.0 Å². The molecule has 102 valence electrons. The third-order valence-electron chi connectivity index (χ3n) is 2.71. The van der Waals surface area contributed by atoms with Crippen LogP contribution in [-0.2, 0) is 13.1 Å². The Morgan fingerprint density at radius 1 is 1.32 bits per heavy atom. The van der Waals surface area contributed by atoms with E-state index < -0.39 is 11.6 Å². The van der Waals surface area contributed by atoms with Gasteiger partial charge in [0, 0.05) is 18.8 Å². The lowest BCUT2D eigenvalue weighted by atomic mass is 10.3. The molecule has 0 amide bonds. The van der Waals surface area contributed by atoms with E-state index in [9.17, 15) is 8.78 Å². The maximum absolute atomic E-state index is 13.6. The quantitative estimate of drug-likeness (QED) is 0.842. The number of aryl methyl sites for hydroxylation is 1. The summed E-state index contributed by atoms with van der Waals surface area (Å²) >= 11 is 2.95. The zero-order valence-corrected chi connectivity index (χ0v) is 12.0. The lowest BCUT2D eigenvalue weighted by molar-refractivity contribution is 0.575. The molecule has 0 unspecified atom stereocenters. The Balaban J connectivity index is 2.10. The van der Waals surface area contributed by atoms with E-state index in [2.05, 4.69) is 33.3 Å². The van der Waals surface area contributed by atoms with E-state index in [1.807, 2.05) is 10.7 Å². The molecule has 0 bridgehead atoms. The van der Waals surface area contributed by atoms with Crippen molar-refractivity contribution in [2.45, 2.75) is 26.4 Å². The van der Waals surface area contributed by atoms with Crippen molar-refractivity contribution in [2.24, 2.45) is 0 Å². The molecule has 0 radical (unpaired) electrons. The fraction of sp³-hybridized carbons (Fsp3) is 0.308. The average molecular weight is 330 g/mol. The SMILES string of the molecule is CCCn1nccc1CNc1cc(F)c(Br)cc1F. The summed E-state index contributed by atoms with van der Waals surface area (Å²) in [6.45, 7) is 3.27. The van der Waals surface area contributed by atoms with Crippen molar-refractivity contribution in [1.82, 2.24) is 9.78 Å². The first-order chi connectivity index (χ1) is 9.11. The van der Waals surface area contributed by atoms with Crippen molar-refractivity contribution in [3.8, 4) is 0 Å². The lowest BCUT2D eigenvalue weighted by Crippen LogP contribution is -2.09. The summed E-state index contributed by atoms with van der Waals surface area (Å²) in [5.74, 6) is -0.985. The second-order valence-electron chi connectivity index (χ2n) is 4.15. The molecular formula is C13H14BrF2N3. The van der Waals surface area contributed by atoms with Crippen LogP contribution in [0.2, 0.25) is 0 Å². The van der Waals surface area contributed by atoms with Crippen LogP contribution in [0.5, 0.6) is 0 Å². The number of aromatic nitrogens is 2. The fourth-order valence-electron chi connectivity index (χ4n) is 1.77. The Morgan fingerprint density at radius 2 is 2.11 bits per heavy atom. The van der Waals surface area contributed by atoms with E-state index in [4.69, 9.17) is 0 Å². The van der Waals surface area contributed by atoms with Crippen molar-refractivity contribution in [3.63, 3.8) is 0 Å². The number of hydrogen-bond acceptors (Lipinski definition) is 2. The van der Waals surface area contributed by atoms with Gasteiger partial charge in [-0.15, -0.1) is 0 Å². The molecule has 1 aromatic heterocycles. The third-order valence-corrected chi connectivity index (χ3v) is 3.32. The highest BCUT2D eigenvalue weighted by atomic mass is 79.9. The molecule has 3 nitrogen and oxygen atoms in total. The third kappa shape index (κ3) is 3.32. The Labute approximate surface area is 118 Å². The molecule has 0 aliphatic heterocycles. The van der Waals surface area contributed by atoms with E-state index in [1.54, 1.807) is 6.20 Å². The maximum atomic E-state index is 13.6. The zero-order chi connectivity index (χ0) is 13.8. The number of benzene rings is 1. The van der Waals surface area contributed by atoms with Gasteiger partial charge in [0.15, 0.2) is 0 Å². The molecule has 19 heavy (non-hydrogen) atoms. The predicted octanol–water partition coefficient (Wildman–Crippen LogP) is 3.95. The predicted molar refractivity (Wildman–Crippen MR) is 73.9 cm³/mol. The monoisotopic (exact) mass is 329 g/mol. The molecule has 2 aromatic rings. The summed E-state index contributed by atoms with van der Waals surface area (Å²) in [6.07, 6.45) is 2.67.